The first-order valence-corrected chi connectivity index (χ1v) is 9.91. The number of rotatable bonds is 5. The van der Waals surface area contributed by atoms with E-state index in [1.54, 1.807) is 0 Å². The molecule has 2 amide bonds. The molecular weight excluding hydrogens is 417 g/mol. The van der Waals surface area contributed by atoms with E-state index in [4.69, 9.17) is 5.73 Å². The smallest absolute Gasteiger partial charge is 0.368 e. The van der Waals surface area contributed by atoms with Crippen LogP contribution < -0.4 is 11.1 Å². The van der Waals surface area contributed by atoms with E-state index in [1.165, 1.54) is 12.1 Å². The minimum atomic E-state index is -4.71. The molecule has 4 rings (SSSR count). The van der Waals surface area contributed by atoms with Crippen molar-refractivity contribution in [1.82, 2.24) is 5.32 Å². The van der Waals surface area contributed by atoms with Gasteiger partial charge in [0.25, 0.3) is 5.91 Å². The summed E-state index contributed by atoms with van der Waals surface area (Å²) in [6.07, 6.45) is -4.67. The van der Waals surface area contributed by atoms with Crippen LogP contribution in [0.5, 0.6) is 0 Å². The third-order valence-corrected chi connectivity index (χ3v) is 5.42. The van der Waals surface area contributed by atoms with Crippen molar-refractivity contribution < 1.29 is 22.8 Å². The van der Waals surface area contributed by atoms with E-state index in [9.17, 15) is 22.8 Å². The van der Waals surface area contributed by atoms with Gasteiger partial charge in [0.1, 0.15) is 6.04 Å². The molecule has 0 aliphatic heterocycles. The van der Waals surface area contributed by atoms with Crippen LogP contribution in [-0.2, 0) is 17.4 Å². The molecule has 0 saturated heterocycles. The minimum Gasteiger partial charge on any atom is -0.368 e. The van der Waals surface area contributed by atoms with Gasteiger partial charge in [-0.25, -0.2) is 0 Å². The van der Waals surface area contributed by atoms with Gasteiger partial charge in [-0.15, -0.1) is 0 Å². The second kappa shape index (κ2) is 8.34. The van der Waals surface area contributed by atoms with Crippen molar-refractivity contribution in [3.8, 4) is 0 Å². The standard InChI is InChI=1S/C25H19F3N2O2/c26-25(27,28)21-12-6-5-11-19(21)24(32)30-22(23(29)31)14-20-17-9-3-1-7-15(17)13-16-8-2-4-10-18(16)20/h1-13,22H,14H2,(H2,29,31)(H,30,32)/t22-/m0/s1. The lowest BCUT2D eigenvalue weighted by Gasteiger charge is -2.20. The summed E-state index contributed by atoms with van der Waals surface area (Å²) < 4.78 is 40.0. The van der Waals surface area contributed by atoms with Crippen LogP contribution in [0, 0.1) is 0 Å². The molecule has 3 N–H and O–H groups in total. The third kappa shape index (κ3) is 4.14. The number of carbonyl (C=O) groups excluding carboxylic acids is 2. The van der Waals surface area contributed by atoms with Gasteiger partial charge in [-0.2, -0.15) is 13.2 Å². The fraction of sp³-hybridized carbons (Fsp3) is 0.120. The molecule has 32 heavy (non-hydrogen) atoms. The predicted octanol–water partition coefficient (Wildman–Crippen LogP) is 4.84. The van der Waals surface area contributed by atoms with Crippen LogP contribution in [0.25, 0.3) is 21.5 Å². The average Bonchev–Trinajstić information content (AvgIpc) is 2.77. The van der Waals surface area contributed by atoms with E-state index >= 15 is 0 Å². The van der Waals surface area contributed by atoms with Gasteiger partial charge in [0.2, 0.25) is 5.91 Å². The maximum absolute atomic E-state index is 13.3. The Kier molecular flexibility index (Phi) is 5.57. The fourth-order valence-electron chi connectivity index (χ4n) is 3.92. The van der Waals surface area contributed by atoms with Crippen molar-refractivity contribution in [2.45, 2.75) is 18.6 Å². The zero-order valence-corrected chi connectivity index (χ0v) is 16.8. The summed E-state index contributed by atoms with van der Waals surface area (Å²) in [6, 6.07) is 20.4. The lowest BCUT2D eigenvalue weighted by molar-refractivity contribution is -0.137. The molecule has 0 heterocycles. The number of amides is 2. The summed E-state index contributed by atoms with van der Waals surface area (Å²) in [6.45, 7) is 0. The Labute approximate surface area is 181 Å². The SMILES string of the molecule is NC(=O)[C@H](Cc1c2ccccc2cc2ccccc12)NC(=O)c1ccccc1C(F)(F)F. The first-order valence-electron chi connectivity index (χ1n) is 9.91. The van der Waals surface area contributed by atoms with Gasteiger partial charge in [0.15, 0.2) is 0 Å². The summed E-state index contributed by atoms with van der Waals surface area (Å²) in [5.74, 6) is -1.84. The molecule has 0 fully saturated rings. The molecule has 4 aromatic carbocycles. The monoisotopic (exact) mass is 436 g/mol. The Hall–Kier alpha value is -3.87. The summed E-state index contributed by atoms with van der Waals surface area (Å²) in [4.78, 5) is 24.9. The molecule has 0 unspecified atom stereocenters. The molecule has 0 radical (unpaired) electrons. The molecule has 0 saturated carbocycles. The molecule has 0 aliphatic rings. The van der Waals surface area contributed by atoms with Crippen LogP contribution in [0.15, 0.2) is 78.9 Å². The van der Waals surface area contributed by atoms with Crippen LogP contribution >= 0.6 is 0 Å². The molecule has 1 atom stereocenters. The molecule has 0 aliphatic carbocycles. The lowest BCUT2D eigenvalue weighted by Crippen LogP contribution is -2.46. The summed E-state index contributed by atoms with van der Waals surface area (Å²) in [5.41, 5.74) is 4.70. The largest absolute Gasteiger partial charge is 0.417 e. The number of nitrogens with one attached hydrogen (secondary N) is 1. The summed E-state index contributed by atoms with van der Waals surface area (Å²) >= 11 is 0. The quantitative estimate of drug-likeness (QED) is 0.440. The van der Waals surface area contributed by atoms with Gasteiger partial charge in [0, 0.05) is 6.42 Å². The molecule has 0 spiro atoms. The van der Waals surface area contributed by atoms with Crippen molar-refractivity contribution in [1.29, 1.82) is 0 Å². The van der Waals surface area contributed by atoms with Crippen LogP contribution in [0.3, 0.4) is 0 Å². The number of nitrogens with two attached hydrogens (primary N) is 1. The highest BCUT2D eigenvalue weighted by Crippen LogP contribution is 2.32. The van der Waals surface area contributed by atoms with Crippen LogP contribution in [0.4, 0.5) is 13.2 Å². The number of hydrogen-bond acceptors (Lipinski definition) is 2. The molecule has 0 bridgehead atoms. The van der Waals surface area contributed by atoms with Crippen molar-refractivity contribution in [2.24, 2.45) is 5.73 Å². The van der Waals surface area contributed by atoms with Crippen LogP contribution in [0.1, 0.15) is 21.5 Å². The number of carbonyl (C=O) groups is 2. The van der Waals surface area contributed by atoms with Crippen molar-refractivity contribution in [3.63, 3.8) is 0 Å². The topological polar surface area (TPSA) is 72.2 Å². The average molecular weight is 436 g/mol. The molecular formula is C25H19F3N2O2. The first-order chi connectivity index (χ1) is 15.3. The Morgan fingerprint density at radius 2 is 1.38 bits per heavy atom. The second-order valence-electron chi connectivity index (χ2n) is 7.47. The number of primary amides is 1. The minimum absolute atomic E-state index is 0.0388. The highest BCUT2D eigenvalue weighted by atomic mass is 19.4. The van der Waals surface area contributed by atoms with Gasteiger partial charge in [-0.3, -0.25) is 9.59 Å². The van der Waals surface area contributed by atoms with Gasteiger partial charge in [0.05, 0.1) is 11.1 Å². The van der Waals surface area contributed by atoms with E-state index in [0.717, 1.165) is 39.2 Å². The molecule has 4 nitrogen and oxygen atoms in total. The molecule has 162 valence electrons. The Balaban J connectivity index is 1.74. The maximum Gasteiger partial charge on any atom is 0.417 e. The fourth-order valence-corrected chi connectivity index (χ4v) is 3.92. The number of halogens is 3. The number of benzene rings is 4. The number of fused-ring (bicyclic) bond motifs is 2. The maximum atomic E-state index is 13.3. The van der Waals surface area contributed by atoms with E-state index < -0.39 is 35.2 Å². The zero-order valence-electron chi connectivity index (χ0n) is 16.8. The van der Waals surface area contributed by atoms with Gasteiger partial charge < -0.3 is 11.1 Å². The Morgan fingerprint density at radius 1 is 0.844 bits per heavy atom. The van der Waals surface area contributed by atoms with Crippen LogP contribution in [0.2, 0.25) is 0 Å². The second-order valence-corrected chi connectivity index (χ2v) is 7.47. The van der Waals surface area contributed by atoms with E-state index in [0.29, 0.717) is 0 Å². The summed E-state index contributed by atoms with van der Waals surface area (Å²) in [7, 11) is 0. The Bertz CT molecular complexity index is 1280. The van der Waals surface area contributed by atoms with Gasteiger partial charge in [-0.1, -0.05) is 60.7 Å². The van der Waals surface area contributed by atoms with Crippen LogP contribution in [-0.4, -0.2) is 17.9 Å². The summed E-state index contributed by atoms with van der Waals surface area (Å²) in [5, 5.41) is 6.05. The van der Waals surface area contributed by atoms with Crippen molar-refractivity contribution >= 4 is 33.4 Å². The number of hydrogen-bond donors (Lipinski definition) is 2. The highest BCUT2D eigenvalue weighted by molar-refractivity contribution is 6.03. The highest BCUT2D eigenvalue weighted by Gasteiger charge is 2.35. The van der Waals surface area contributed by atoms with E-state index in [1.807, 2.05) is 54.6 Å². The van der Waals surface area contributed by atoms with Crippen molar-refractivity contribution in [2.75, 3.05) is 0 Å². The van der Waals surface area contributed by atoms with Crippen molar-refractivity contribution in [3.05, 3.63) is 95.6 Å². The molecule has 7 heteroatoms. The number of alkyl halides is 3. The van der Waals surface area contributed by atoms with E-state index in [-0.39, 0.29) is 6.42 Å². The van der Waals surface area contributed by atoms with E-state index in [2.05, 4.69) is 5.32 Å². The first kappa shape index (κ1) is 21.4. The predicted molar refractivity (Wildman–Crippen MR) is 117 cm³/mol. The lowest BCUT2D eigenvalue weighted by atomic mass is 9.92. The third-order valence-electron chi connectivity index (χ3n) is 5.42. The molecule has 4 aromatic rings. The zero-order chi connectivity index (χ0) is 22.9. The normalized spacial score (nSPS) is 12.6. The molecule has 0 aromatic heterocycles. The Morgan fingerprint density at radius 3 is 1.94 bits per heavy atom. The van der Waals surface area contributed by atoms with Gasteiger partial charge in [-0.05, 0) is 45.3 Å². The van der Waals surface area contributed by atoms with Gasteiger partial charge >= 0.3 is 6.18 Å².